The van der Waals surface area contributed by atoms with Gasteiger partial charge in [0, 0.05) is 24.1 Å². The summed E-state index contributed by atoms with van der Waals surface area (Å²) in [5, 5.41) is 6.29. The Morgan fingerprint density at radius 3 is 2.65 bits per heavy atom. The molecule has 0 unspecified atom stereocenters. The minimum absolute atomic E-state index is 0.198. The highest BCUT2D eigenvalue weighted by Crippen LogP contribution is 2.20. The normalized spacial score (nSPS) is 15.2. The summed E-state index contributed by atoms with van der Waals surface area (Å²) in [6.45, 7) is 0. The van der Waals surface area contributed by atoms with Crippen LogP contribution in [0.25, 0.3) is 0 Å². The lowest BCUT2D eigenvalue weighted by Gasteiger charge is -2.22. The first-order valence-electron chi connectivity index (χ1n) is 7.73. The molecule has 23 heavy (non-hydrogen) atoms. The van der Waals surface area contributed by atoms with Gasteiger partial charge in [0.15, 0.2) is 5.69 Å². The standard InChI is InChI=1S/C16H18ClN5O/c17-13-10-19-16(21-12-6-8-18-9-7-12)22-14(13)15(23)20-11-4-2-1-3-5-11/h6-11H,1-5H2,(H,20,23)(H,18,19,21,22). The minimum atomic E-state index is -0.248. The van der Waals surface area contributed by atoms with Crippen LogP contribution in [-0.2, 0) is 0 Å². The number of amides is 1. The molecule has 120 valence electrons. The first-order chi connectivity index (χ1) is 11.2. The fraction of sp³-hybridized carbons (Fsp3) is 0.375. The Labute approximate surface area is 139 Å². The fourth-order valence-corrected chi connectivity index (χ4v) is 2.83. The van der Waals surface area contributed by atoms with Crippen molar-refractivity contribution >= 4 is 29.1 Å². The molecule has 7 heteroatoms. The van der Waals surface area contributed by atoms with Crippen molar-refractivity contribution in [1.82, 2.24) is 20.3 Å². The average Bonchev–Trinajstić information content (AvgIpc) is 2.58. The number of pyridine rings is 1. The molecule has 0 atom stereocenters. The number of hydrogen-bond acceptors (Lipinski definition) is 5. The van der Waals surface area contributed by atoms with Crippen molar-refractivity contribution in [3.8, 4) is 0 Å². The molecule has 1 amide bonds. The second kappa shape index (κ2) is 7.37. The number of anilines is 2. The van der Waals surface area contributed by atoms with Crippen molar-refractivity contribution in [2.24, 2.45) is 0 Å². The SMILES string of the molecule is O=C(NC1CCCCC1)c1nc(Nc2ccncc2)ncc1Cl. The van der Waals surface area contributed by atoms with E-state index >= 15 is 0 Å². The zero-order chi connectivity index (χ0) is 16.1. The molecular weight excluding hydrogens is 314 g/mol. The lowest BCUT2D eigenvalue weighted by Crippen LogP contribution is -2.36. The molecule has 0 saturated heterocycles. The number of nitrogens with one attached hydrogen (secondary N) is 2. The number of hydrogen-bond donors (Lipinski definition) is 2. The smallest absolute Gasteiger partial charge is 0.271 e. The third kappa shape index (κ3) is 4.16. The first kappa shape index (κ1) is 15.7. The van der Waals surface area contributed by atoms with Crippen LogP contribution in [0.15, 0.2) is 30.7 Å². The summed E-state index contributed by atoms with van der Waals surface area (Å²) in [5.74, 6) is 0.0801. The summed E-state index contributed by atoms with van der Waals surface area (Å²) in [4.78, 5) is 24.7. The number of carbonyl (C=O) groups excluding carboxylic acids is 1. The van der Waals surface area contributed by atoms with Gasteiger partial charge < -0.3 is 10.6 Å². The molecule has 3 rings (SSSR count). The van der Waals surface area contributed by atoms with Crippen LogP contribution in [0.2, 0.25) is 5.02 Å². The maximum absolute atomic E-state index is 12.4. The number of aromatic nitrogens is 3. The molecular formula is C16H18ClN5O. The van der Waals surface area contributed by atoms with Gasteiger partial charge in [0.05, 0.1) is 11.2 Å². The molecule has 2 N–H and O–H groups in total. The lowest BCUT2D eigenvalue weighted by molar-refractivity contribution is 0.0923. The van der Waals surface area contributed by atoms with Crippen LogP contribution >= 0.6 is 11.6 Å². The molecule has 6 nitrogen and oxygen atoms in total. The van der Waals surface area contributed by atoms with Crippen LogP contribution in [0.4, 0.5) is 11.6 Å². The summed E-state index contributed by atoms with van der Waals surface area (Å²) < 4.78 is 0. The van der Waals surface area contributed by atoms with Gasteiger partial charge in [0.2, 0.25) is 5.95 Å². The van der Waals surface area contributed by atoms with Gasteiger partial charge in [0.1, 0.15) is 0 Å². The summed E-state index contributed by atoms with van der Waals surface area (Å²) >= 11 is 6.09. The number of rotatable bonds is 4. The van der Waals surface area contributed by atoms with E-state index in [0.717, 1.165) is 31.4 Å². The summed E-state index contributed by atoms with van der Waals surface area (Å²) in [5.41, 5.74) is 0.991. The van der Waals surface area contributed by atoms with Crippen LogP contribution in [0.5, 0.6) is 0 Å². The van der Waals surface area contributed by atoms with Crippen molar-refractivity contribution < 1.29 is 4.79 Å². The predicted octanol–water partition coefficient (Wildman–Crippen LogP) is 3.33. The van der Waals surface area contributed by atoms with Crippen LogP contribution in [-0.4, -0.2) is 26.9 Å². The van der Waals surface area contributed by atoms with E-state index in [9.17, 15) is 4.79 Å². The fourth-order valence-electron chi connectivity index (χ4n) is 2.65. The van der Waals surface area contributed by atoms with Crippen molar-refractivity contribution in [1.29, 1.82) is 0 Å². The van der Waals surface area contributed by atoms with E-state index < -0.39 is 0 Å². The molecule has 2 aromatic heterocycles. The van der Waals surface area contributed by atoms with Gasteiger partial charge in [0.25, 0.3) is 5.91 Å². The predicted molar refractivity (Wildman–Crippen MR) is 88.9 cm³/mol. The Balaban J connectivity index is 1.73. The van der Waals surface area contributed by atoms with Gasteiger partial charge in [-0.05, 0) is 25.0 Å². The van der Waals surface area contributed by atoms with Gasteiger partial charge in [-0.1, -0.05) is 30.9 Å². The highest BCUT2D eigenvalue weighted by Gasteiger charge is 2.20. The van der Waals surface area contributed by atoms with Crippen LogP contribution in [0.3, 0.4) is 0 Å². The maximum Gasteiger partial charge on any atom is 0.271 e. The van der Waals surface area contributed by atoms with Crippen LogP contribution in [0.1, 0.15) is 42.6 Å². The van der Waals surface area contributed by atoms with Gasteiger partial charge in [-0.2, -0.15) is 0 Å². The monoisotopic (exact) mass is 331 g/mol. The maximum atomic E-state index is 12.4. The van der Waals surface area contributed by atoms with E-state index in [4.69, 9.17) is 11.6 Å². The average molecular weight is 332 g/mol. The quantitative estimate of drug-likeness (QED) is 0.898. The second-order valence-electron chi connectivity index (χ2n) is 5.56. The second-order valence-corrected chi connectivity index (χ2v) is 5.97. The highest BCUT2D eigenvalue weighted by atomic mass is 35.5. The van der Waals surface area contributed by atoms with Crippen molar-refractivity contribution in [3.63, 3.8) is 0 Å². The van der Waals surface area contributed by atoms with E-state index in [2.05, 4.69) is 25.6 Å². The molecule has 2 aromatic rings. The lowest BCUT2D eigenvalue weighted by atomic mass is 9.95. The number of carbonyl (C=O) groups is 1. The molecule has 2 heterocycles. The van der Waals surface area contributed by atoms with Crippen molar-refractivity contribution in [2.75, 3.05) is 5.32 Å². The van der Waals surface area contributed by atoms with E-state index in [1.165, 1.54) is 12.6 Å². The van der Waals surface area contributed by atoms with Crippen molar-refractivity contribution in [2.45, 2.75) is 38.1 Å². The largest absolute Gasteiger partial charge is 0.348 e. The third-order valence-corrected chi connectivity index (χ3v) is 4.11. The molecule has 0 radical (unpaired) electrons. The molecule has 1 aliphatic rings. The van der Waals surface area contributed by atoms with Gasteiger partial charge in [-0.3, -0.25) is 9.78 Å². The highest BCUT2D eigenvalue weighted by molar-refractivity contribution is 6.33. The summed E-state index contributed by atoms with van der Waals surface area (Å²) in [6, 6.07) is 3.79. The topological polar surface area (TPSA) is 79.8 Å². The molecule has 1 saturated carbocycles. The van der Waals surface area contributed by atoms with E-state index in [-0.39, 0.29) is 22.7 Å². The van der Waals surface area contributed by atoms with Gasteiger partial charge >= 0.3 is 0 Å². The zero-order valence-corrected chi connectivity index (χ0v) is 13.4. The van der Waals surface area contributed by atoms with Gasteiger partial charge in [-0.15, -0.1) is 0 Å². The molecule has 1 aliphatic carbocycles. The Morgan fingerprint density at radius 1 is 1.17 bits per heavy atom. The zero-order valence-electron chi connectivity index (χ0n) is 12.6. The summed E-state index contributed by atoms with van der Waals surface area (Å²) in [7, 11) is 0. The van der Waals surface area contributed by atoms with E-state index in [0.29, 0.717) is 5.95 Å². The Kier molecular flexibility index (Phi) is 5.02. The molecule has 0 spiro atoms. The Morgan fingerprint density at radius 2 is 1.91 bits per heavy atom. The molecule has 0 aromatic carbocycles. The summed E-state index contributed by atoms with van der Waals surface area (Å²) in [6.07, 6.45) is 10.3. The molecule has 0 aliphatic heterocycles. The van der Waals surface area contributed by atoms with Gasteiger partial charge in [-0.25, -0.2) is 9.97 Å². The Bertz CT molecular complexity index is 673. The third-order valence-electron chi connectivity index (χ3n) is 3.84. The van der Waals surface area contributed by atoms with Crippen LogP contribution in [0, 0.1) is 0 Å². The van der Waals surface area contributed by atoms with E-state index in [1.807, 2.05) is 0 Å². The number of nitrogens with zero attached hydrogens (tertiary/aromatic N) is 3. The first-order valence-corrected chi connectivity index (χ1v) is 8.10. The molecule has 0 bridgehead atoms. The van der Waals surface area contributed by atoms with E-state index in [1.54, 1.807) is 24.5 Å². The Hall–Kier alpha value is -2.21. The van der Waals surface area contributed by atoms with Crippen LogP contribution < -0.4 is 10.6 Å². The minimum Gasteiger partial charge on any atom is -0.348 e. The van der Waals surface area contributed by atoms with Crippen molar-refractivity contribution in [3.05, 3.63) is 41.4 Å². The molecule has 1 fully saturated rings. The number of halogens is 1.